The third kappa shape index (κ3) is 1.80. The van der Waals surface area contributed by atoms with Gasteiger partial charge in [0.25, 0.3) is 0 Å². The molecule has 5 nitrogen and oxygen atoms in total. The van der Waals surface area contributed by atoms with Crippen molar-refractivity contribution in [1.82, 2.24) is 4.98 Å². The molecule has 1 unspecified atom stereocenters. The summed E-state index contributed by atoms with van der Waals surface area (Å²) in [6.07, 6.45) is 0. The lowest BCUT2D eigenvalue weighted by molar-refractivity contribution is -0.116. The summed E-state index contributed by atoms with van der Waals surface area (Å²) in [5.74, 6) is -0.401. The Labute approximate surface area is 96.6 Å². The number of anilines is 1. The lowest BCUT2D eigenvalue weighted by atomic mass is 10.1. The summed E-state index contributed by atoms with van der Waals surface area (Å²) in [6.45, 7) is 3.93. The Bertz CT molecular complexity index is 453. The maximum Gasteiger partial charge on any atom is 0.352 e. The summed E-state index contributed by atoms with van der Waals surface area (Å²) in [5, 5.41) is 11.3. The number of hydrogen-bond acceptors (Lipinski definition) is 3. The second kappa shape index (κ2) is 3.86. The molecule has 2 heterocycles. The van der Waals surface area contributed by atoms with Gasteiger partial charge in [-0.3, -0.25) is 4.79 Å². The van der Waals surface area contributed by atoms with Gasteiger partial charge in [-0.1, -0.05) is 13.8 Å². The van der Waals surface area contributed by atoms with Gasteiger partial charge in [-0.15, -0.1) is 11.8 Å². The third-order valence-electron chi connectivity index (χ3n) is 2.38. The van der Waals surface area contributed by atoms with Crippen LogP contribution >= 0.6 is 11.8 Å². The van der Waals surface area contributed by atoms with Crippen LogP contribution in [0.4, 0.5) is 5.82 Å². The van der Waals surface area contributed by atoms with Gasteiger partial charge >= 0.3 is 5.97 Å². The average molecular weight is 240 g/mol. The number of hydrogen-bond donors (Lipinski definition) is 3. The van der Waals surface area contributed by atoms with Crippen molar-refractivity contribution < 1.29 is 14.7 Å². The molecule has 0 aliphatic carbocycles. The average Bonchev–Trinajstić information content (AvgIpc) is 2.58. The smallest absolute Gasteiger partial charge is 0.352 e. The van der Waals surface area contributed by atoms with Crippen LogP contribution in [-0.4, -0.2) is 27.2 Å². The fourth-order valence-corrected chi connectivity index (χ4v) is 2.68. The first kappa shape index (κ1) is 11.1. The molecule has 1 amide bonds. The zero-order valence-electron chi connectivity index (χ0n) is 8.90. The molecule has 2 rings (SSSR count). The number of aromatic nitrogens is 1. The summed E-state index contributed by atoms with van der Waals surface area (Å²) in [6, 6.07) is 1.55. The number of rotatable bonds is 2. The van der Waals surface area contributed by atoms with Gasteiger partial charge in [0.2, 0.25) is 5.91 Å². The fourth-order valence-electron chi connectivity index (χ4n) is 1.56. The van der Waals surface area contributed by atoms with Crippen LogP contribution in [0.15, 0.2) is 11.0 Å². The van der Waals surface area contributed by atoms with Gasteiger partial charge in [-0.05, 0) is 12.0 Å². The molecule has 6 heteroatoms. The highest BCUT2D eigenvalue weighted by Crippen LogP contribution is 2.38. The Kier molecular flexibility index (Phi) is 2.67. The van der Waals surface area contributed by atoms with Gasteiger partial charge in [0.1, 0.15) is 11.5 Å². The van der Waals surface area contributed by atoms with Crippen molar-refractivity contribution >= 4 is 29.5 Å². The molecule has 0 radical (unpaired) electrons. The fraction of sp³-hybridized carbons (Fsp3) is 0.400. The highest BCUT2D eigenvalue weighted by atomic mass is 32.2. The summed E-state index contributed by atoms with van der Waals surface area (Å²) < 4.78 is 0. The molecule has 0 bridgehead atoms. The zero-order chi connectivity index (χ0) is 11.9. The summed E-state index contributed by atoms with van der Waals surface area (Å²) in [4.78, 5) is 25.9. The predicted octanol–water partition coefficient (Wildman–Crippen LogP) is 1.78. The number of carboxylic acid groups (broad SMARTS) is 1. The molecule has 0 saturated carbocycles. The second-order valence-electron chi connectivity index (χ2n) is 4.00. The Morgan fingerprint density at radius 2 is 2.25 bits per heavy atom. The Morgan fingerprint density at radius 3 is 2.81 bits per heavy atom. The first-order valence-corrected chi connectivity index (χ1v) is 5.81. The Morgan fingerprint density at radius 1 is 1.56 bits per heavy atom. The zero-order valence-corrected chi connectivity index (χ0v) is 9.72. The minimum atomic E-state index is -1.02. The van der Waals surface area contributed by atoms with Crippen molar-refractivity contribution in [3.63, 3.8) is 0 Å². The molecule has 1 aromatic heterocycles. The van der Waals surface area contributed by atoms with Crippen LogP contribution in [-0.2, 0) is 4.79 Å². The van der Waals surface area contributed by atoms with E-state index in [-0.39, 0.29) is 22.8 Å². The van der Waals surface area contributed by atoms with Crippen molar-refractivity contribution in [2.24, 2.45) is 5.92 Å². The Balaban J connectivity index is 2.32. The van der Waals surface area contributed by atoms with Crippen LogP contribution in [0.25, 0.3) is 0 Å². The number of aromatic carboxylic acids is 1. The summed E-state index contributed by atoms with van der Waals surface area (Å²) >= 11 is 1.40. The predicted molar refractivity (Wildman–Crippen MR) is 60.9 cm³/mol. The number of nitrogens with one attached hydrogen (secondary N) is 2. The molecule has 0 saturated heterocycles. The SMILES string of the molecule is CC(C)C1Sc2cc(C(=O)O)[nH]c2NC1=O. The minimum absolute atomic E-state index is 0.0775. The normalized spacial score (nSPS) is 19.4. The molecular formula is C10H12N2O3S. The van der Waals surface area contributed by atoms with E-state index in [2.05, 4.69) is 10.3 Å². The van der Waals surface area contributed by atoms with E-state index in [1.807, 2.05) is 13.8 Å². The maximum atomic E-state index is 11.7. The van der Waals surface area contributed by atoms with E-state index >= 15 is 0 Å². The van der Waals surface area contributed by atoms with E-state index in [4.69, 9.17) is 5.11 Å². The second-order valence-corrected chi connectivity index (χ2v) is 5.18. The lowest BCUT2D eigenvalue weighted by Gasteiger charge is -2.23. The van der Waals surface area contributed by atoms with Crippen molar-refractivity contribution in [2.45, 2.75) is 24.0 Å². The minimum Gasteiger partial charge on any atom is -0.477 e. The Hall–Kier alpha value is -1.43. The highest BCUT2D eigenvalue weighted by Gasteiger charge is 2.31. The molecule has 1 aliphatic rings. The number of amides is 1. The van der Waals surface area contributed by atoms with Crippen molar-refractivity contribution in [3.05, 3.63) is 11.8 Å². The monoisotopic (exact) mass is 240 g/mol. The van der Waals surface area contributed by atoms with Crippen LogP contribution in [0.5, 0.6) is 0 Å². The van der Waals surface area contributed by atoms with Gasteiger partial charge in [-0.25, -0.2) is 4.79 Å². The molecule has 86 valence electrons. The molecule has 16 heavy (non-hydrogen) atoms. The van der Waals surface area contributed by atoms with E-state index < -0.39 is 5.97 Å². The molecule has 3 N–H and O–H groups in total. The largest absolute Gasteiger partial charge is 0.477 e. The van der Waals surface area contributed by atoms with E-state index in [1.54, 1.807) is 6.07 Å². The number of aromatic amines is 1. The van der Waals surface area contributed by atoms with Crippen LogP contribution < -0.4 is 5.32 Å². The first-order valence-electron chi connectivity index (χ1n) is 4.93. The topological polar surface area (TPSA) is 82.2 Å². The van der Waals surface area contributed by atoms with Crippen molar-refractivity contribution in [1.29, 1.82) is 0 Å². The number of thioether (sulfide) groups is 1. The number of fused-ring (bicyclic) bond motifs is 1. The number of carbonyl (C=O) groups is 2. The van der Waals surface area contributed by atoms with Gasteiger partial charge < -0.3 is 15.4 Å². The number of carbonyl (C=O) groups excluding carboxylic acids is 1. The van der Waals surface area contributed by atoms with Gasteiger partial charge in [-0.2, -0.15) is 0 Å². The lowest BCUT2D eigenvalue weighted by Crippen LogP contribution is -2.32. The van der Waals surface area contributed by atoms with E-state index in [0.717, 1.165) is 4.90 Å². The van der Waals surface area contributed by atoms with Gasteiger partial charge in [0.05, 0.1) is 10.1 Å². The van der Waals surface area contributed by atoms with Gasteiger partial charge in [0.15, 0.2) is 0 Å². The molecule has 0 aromatic carbocycles. The summed E-state index contributed by atoms with van der Waals surface area (Å²) in [7, 11) is 0. The van der Waals surface area contributed by atoms with Crippen LogP contribution in [0.1, 0.15) is 24.3 Å². The molecule has 0 fully saturated rings. The van der Waals surface area contributed by atoms with E-state index in [9.17, 15) is 9.59 Å². The van der Waals surface area contributed by atoms with Crippen molar-refractivity contribution in [3.8, 4) is 0 Å². The molecule has 1 atom stereocenters. The number of carboxylic acids is 1. The molecule has 1 aromatic rings. The summed E-state index contributed by atoms with van der Waals surface area (Å²) in [5.41, 5.74) is 0.0993. The quantitative estimate of drug-likeness (QED) is 0.736. The highest BCUT2D eigenvalue weighted by molar-refractivity contribution is 8.01. The van der Waals surface area contributed by atoms with Crippen LogP contribution in [0.2, 0.25) is 0 Å². The number of H-pyrrole nitrogens is 1. The standard InChI is InChI=1S/C10H12N2O3S/c1-4(2)7-9(13)12-8-6(16-7)3-5(11-8)10(14)15/h3-4,7,11H,1-2H3,(H,12,13)(H,14,15). The third-order valence-corrected chi connectivity index (χ3v) is 3.97. The van der Waals surface area contributed by atoms with E-state index in [0.29, 0.717) is 5.82 Å². The molecular weight excluding hydrogens is 228 g/mol. The van der Waals surface area contributed by atoms with Crippen LogP contribution in [0, 0.1) is 5.92 Å². The first-order chi connectivity index (χ1) is 7.49. The van der Waals surface area contributed by atoms with Crippen LogP contribution in [0.3, 0.4) is 0 Å². The molecule has 0 spiro atoms. The van der Waals surface area contributed by atoms with E-state index in [1.165, 1.54) is 11.8 Å². The van der Waals surface area contributed by atoms with Crippen molar-refractivity contribution in [2.75, 3.05) is 5.32 Å². The molecule has 1 aliphatic heterocycles. The van der Waals surface area contributed by atoms with Gasteiger partial charge in [0, 0.05) is 0 Å². The maximum absolute atomic E-state index is 11.7.